The predicted octanol–water partition coefficient (Wildman–Crippen LogP) is 1.58. The second-order valence-corrected chi connectivity index (χ2v) is 7.04. The van der Waals surface area contributed by atoms with Crippen LogP contribution in [-0.4, -0.2) is 84.9 Å². The van der Waals surface area contributed by atoms with Crippen molar-refractivity contribution in [1.29, 1.82) is 0 Å². The number of methoxy groups -OCH3 is 2. The van der Waals surface area contributed by atoms with Crippen molar-refractivity contribution in [1.82, 2.24) is 9.80 Å². The Hall–Kier alpha value is -3.79. The van der Waals surface area contributed by atoms with E-state index in [0.717, 1.165) is 31.1 Å². The van der Waals surface area contributed by atoms with E-state index in [2.05, 4.69) is 11.0 Å². The molecule has 0 spiro atoms. The molecule has 1 heterocycles. The molecular weight excluding hydrogens is 432 g/mol. The van der Waals surface area contributed by atoms with Gasteiger partial charge in [-0.3, -0.25) is 9.69 Å². The van der Waals surface area contributed by atoms with Gasteiger partial charge in [-0.15, -0.1) is 0 Å². The summed E-state index contributed by atoms with van der Waals surface area (Å²) in [5.74, 6) is -1.30. The molecule has 0 saturated carbocycles. The van der Waals surface area contributed by atoms with Crippen LogP contribution in [0.4, 0.5) is 0 Å². The number of hydrogen-bond acceptors (Lipinski definition) is 7. The minimum absolute atomic E-state index is 0.0164. The Morgan fingerprint density at radius 3 is 1.94 bits per heavy atom. The van der Waals surface area contributed by atoms with Gasteiger partial charge in [0.25, 0.3) is 5.91 Å². The van der Waals surface area contributed by atoms with Crippen LogP contribution in [0.2, 0.25) is 0 Å². The lowest BCUT2D eigenvalue weighted by atomic mass is 10.1. The molecule has 1 fully saturated rings. The molecule has 1 aliphatic rings. The van der Waals surface area contributed by atoms with E-state index in [1.807, 2.05) is 35.2 Å². The lowest BCUT2D eigenvalue weighted by Gasteiger charge is -2.34. The van der Waals surface area contributed by atoms with Gasteiger partial charge in [-0.1, -0.05) is 18.2 Å². The average Bonchev–Trinajstić information content (AvgIpc) is 2.84. The molecule has 33 heavy (non-hydrogen) atoms. The highest BCUT2D eigenvalue weighted by atomic mass is 16.5. The molecule has 0 aromatic heterocycles. The Kier molecular flexibility index (Phi) is 9.97. The topological polar surface area (TPSA) is 126 Å². The van der Waals surface area contributed by atoms with Gasteiger partial charge >= 0.3 is 11.9 Å². The second-order valence-electron chi connectivity index (χ2n) is 7.04. The van der Waals surface area contributed by atoms with Crippen LogP contribution in [0.3, 0.4) is 0 Å². The van der Waals surface area contributed by atoms with Gasteiger partial charge in [-0.05, 0) is 30.3 Å². The number of ether oxygens (including phenoxy) is 3. The molecule has 1 amide bonds. The molecule has 0 unspecified atom stereocenters. The maximum atomic E-state index is 12.4. The third-order valence-corrected chi connectivity index (χ3v) is 4.92. The summed E-state index contributed by atoms with van der Waals surface area (Å²) in [6, 6.07) is 15.3. The standard InChI is InChI=1S/C21H26N2O4.C2H2O4/c1-25-18-7-9-19(10-8-18)27-16-21(24)23-13-11-22(12-14-23)15-17-5-3-4-6-20(17)26-2;3-1(4)2(5)6/h3-10H,11-16H2,1-2H3;(H,3,4)(H,5,6). The van der Waals surface area contributed by atoms with Crippen molar-refractivity contribution in [3.63, 3.8) is 0 Å². The van der Waals surface area contributed by atoms with Crippen molar-refractivity contribution in [3.8, 4) is 17.2 Å². The first kappa shape index (κ1) is 25.5. The number of carboxylic acid groups (broad SMARTS) is 2. The van der Waals surface area contributed by atoms with Gasteiger partial charge in [-0.2, -0.15) is 0 Å². The quantitative estimate of drug-likeness (QED) is 0.592. The fraction of sp³-hybridized carbons (Fsp3) is 0.348. The number of aliphatic carboxylic acids is 2. The number of benzene rings is 2. The summed E-state index contributed by atoms with van der Waals surface area (Å²) >= 11 is 0. The maximum Gasteiger partial charge on any atom is 0.414 e. The number of carbonyl (C=O) groups is 3. The van der Waals surface area contributed by atoms with Gasteiger partial charge < -0.3 is 29.3 Å². The van der Waals surface area contributed by atoms with E-state index in [9.17, 15) is 4.79 Å². The highest BCUT2D eigenvalue weighted by molar-refractivity contribution is 6.27. The van der Waals surface area contributed by atoms with Crippen LogP contribution >= 0.6 is 0 Å². The van der Waals surface area contributed by atoms with E-state index in [1.54, 1.807) is 26.4 Å². The summed E-state index contributed by atoms with van der Waals surface area (Å²) in [5, 5.41) is 14.8. The van der Waals surface area contributed by atoms with Gasteiger partial charge in [0.15, 0.2) is 6.61 Å². The molecule has 2 N–H and O–H groups in total. The van der Waals surface area contributed by atoms with Crippen molar-refractivity contribution in [2.45, 2.75) is 6.54 Å². The Bertz CT molecular complexity index is 912. The Morgan fingerprint density at radius 2 is 1.39 bits per heavy atom. The van der Waals surface area contributed by atoms with Crippen LogP contribution in [0.25, 0.3) is 0 Å². The first-order valence-electron chi connectivity index (χ1n) is 10.2. The van der Waals surface area contributed by atoms with Crippen molar-refractivity contribution < 1.29 is 38.8 Å². The summed E-state index contributed by atoms with van der Waals surface area (Å²) in [7, 11) is 3.31. The second kappa shape index (κ2) is 12.9. The minimum atomic E-state index is -1.82. The number of carboxylic acids is 2. The van der Waals surface area contributed by atoms with Gasteiger partial charge in [0.2, 0.25) is 0 Å². The molecule has 3 rings (SSSR count). The number of piperazine rings is 1. The zero-order valence-corrected chi connectivity index (χ0v) is 18.6. The van der Waals surface area contributed by atoms with Crippen LogP contribution in [-0.2, 0) is 20.9 Å². The van der Waals surface area contributed by atoms with E-state index >= 15 is 0 Å². The fourth-order valence-corrected chi connectivity index (χ4v) is 3.14. The minimum Gasteiger partial charge on any atom is -0.497 e. The van der Waals surface area contributed by atoms with Crippen molar-refractivity contribution in [3.05, 3.63) is 54.1 Å². The van der Waals surface area contributed by atoms with Crippen LogP contribution in [0.5, 0.6) is 17.2 Å². The average molecular weight is 460 g/mol. The number of rotatable bonds is 7. The summed E-state index contributed by atoms with van der Waals surface area (Å²) in [5.41, 5.74) is 1.17. The molecule has 1 aliphatic heterocycles. The van der Waals surface area contributed by atoms with Crippen LogP contribution < -0.4 is 14.2 Å². The predicted molar refractivity (Wildman–Crippen MR) is 119 cm³/mol. The van der Waals surface area contributed by atoms with Gasteiger partial charge in [0.1, 0.15) is 17.2 Å². The summed E-state index contributed by atoms with van der Waals surface area (Å²) in [6.45, 7) is 3.98. The fourth-order valence-electron chi connectivity index (χ4n) is 3.14. The van der Waals surface area contributed by atoms with Gasteiger partial charge in [0.05, 0.1) is 14.2 Å². The third kappa shape index (κ3) is 8.34. The lowest BCUT2D eigenvalue weighted by Crippen LogP contribution is -2.49. The Labute approximate surface area is 191 Å². The van der Waals surface area contributed by atoms with Crippen LogP contribution in [0.1, 0.15) is 5.56 Å². The van der Waals surface area contributed by atoms with Gasteiger partial charge in [0, 0.05) is 38.3 Å². The third-order valence-electron chi connectivity index (χ3n) is 4.92. The van der Waals surface area contributed by atoms with Crippen LogP contribution in [0, 0.1) is 0 Å². The van der Waals surface area contributed by atoms with Crippen molar-refractivity contribution >= 4 is 17.8 Å². The number of nitrogens with zero attached hydrogens (tertiary/aromatic N) is 2. The smallest absolute Gasteiger partial charge is 0.414 e. The molecule has 0 radical (unpaired) electrons. The van der Waals surface area contributed by atoms with E-state index in [-0.39, 0.29) is 12.5 Å². The molecule has 0 bridgehead atoms. The summed E-state index contributed by atoms with van der Waals surface area (Å²) in [6.07, 6.45) is 0. The highest BCUT2D eigenvalue weighted by Crippen LogP contribution is 2.20. The number of amides is 1. The molecule has 10 nitrogen and oxygen atoms in total. The van der Waals surface area contributed by atoms with E-state index < -0.39 is 11.9 Å². The van der Waals surface area contributed by atoms with Crippen molar-refractivity contribution in [2.75, 3.05) is 47.0 Å². The Balaban J connectivity index is 0.000000569. The van der Waals surface area contributed by atoms with Crippen molar-refractivity contribution in [2.24, 2.45) is 0 Å². The first-order valence-corrected chi connectivity index (χ1v) is 10.2. The normalized spacial score (nSPS) is 13.3. The summed E-state index contributed by atoms with van der Waals surface area (Å²) in [4.78, 5) is 34.8. The summed E-state index contributed by atoms with van der Waals surface area (Å²) < 4.78 is 16.1. The monoisotopic (exact) mass is 460 g/mol. The molecule has 1 saturated heterocycles. The Morgan fingerprint density at radius 1 is 0.818 bits per heavy atom. The molecule has 2 aromatic carbocycles. The van der Waals surface area contributed by atoms with Crippen LogP contribution in [0.15, 0.2) is 48.5 Å². The van der Waals surface area contributed by atoms with Gasteiger partial charge in [-0.25, -0.2) is 9.59 Å². The van der Waals surface area contributed by atoms with E-state index in [4.69, 9.17) is 34.0 Å². The molecule has 178 valence electrons. The zero-order chi connectivity index (χ0) is 24.2. The highest BCUT2D eigenvalue weighted by Gasteiger charge is 2.22. The van der Waals surface area contributed by atoms with E-state index in [0.29, 0.717) is 18.8 Å². The zero-order valence-electron chi connectivity index (χ0n) is 18.6. The molecular formula is C23H28N2O8. The molecule has 10 heteroatoms. The molecule has 0 atom stereocenters. The SMILES string of the molecule is COc1ccc(OCC(=O)N2CCN(Cc3ccccc3OC)CC2)cc1.O=C(O)C(=O)O. The number of carbonyl (C=O) groups excluding carboxylic acids is 1. The number of hydrogen-bond donors (Lipinski definition) is 2. The maximum absolute atomic E-state index is 12.4. The number of para-hydroxylation sites is 1. The molecule has 0 aliphatic carbocycles. The lowest BCUT2D eigenvalue weighted by molar-refractivity contribution is -0.159. The van der Waals surface area contributed by atoms with E-state index in [1.165, 1.54) is 5.56 Å². The largest absolute Gasteiger partial charge is 0.497 e. The molecule has 2 aromatic rings. The first-order chi connectivity index (χ1) is 15.8.